The lowest BCUT2D eigenvalue weighted by molar-refractivity contribution is -0.135. The number of carbonyl (C=O) groups is 2. The molecule has 0 bridgehead atoms. The maximum atomic E-state index is 10.6. The molecule has 0 radical (unpaired) electrons. The van der Waals surface area contributed by atoms with Gasteiger partial charge in [-0.25, -0.2) is 9.59 Å². The van der Waals surface area contributed by atoms with Crippen molar-refractivity contribution in [1.29, 1.82) is 0 Å². The lowest BCUT2D eigenvalue weighted by Crippen LogP contribution is -2.23. The molecule has 13 heavy (non-hydrogen) atoms. The van der Waals surface area contributed by atoms with Crippen LogP contribution in [0.2, 0.25) is 25.7 Å². The highest BCUT2D eigenvalue weighted by Gasteiger charge is 2.20. The maximum absolute atomic E-state index is 10.6. The average Bonchev–Trinajstić information content (AvgIpc) is 1.81. The highest BCUT2D eigenvalue weighted by atomic mass is 28.3. The molecular formula is C8H14O4Si. The summed E-state index contributed by atoms with van der Waals surface area (Å²) in [6, 6.07) is 0.384. The van der Waals surface area contributed by atoms with Crippen molar-refractivity contribution in [3.8, 4) is 0 Å². The van der Waals surface area contributed by atoms with Crippen LogP contribution in [0.15, 0.2) is 11.6 Å². The Hall–Kier alpha value is -1.10. The molecule has 0 aliphatic rings. The molecule has 74 valence electrons. The van der Waals surface area contributed by atoms with Gasteiger partial charge in [0.05, 0.1) is 0 Å². The van der Waals surface area contributed by atoms with Crippen LogP contribution >= 0.6 is 0 Å². The highest BCUT2D eigenvalue weighted by molar-refractivity contribution is 6.77. The van der Waals surface area contributed by atoms with Gasteiger partial charge in [-0.15, -0.1) is 0 Å². The van der Waals surface area contributed by atoms with Crippen molar-refractivity contribution in [2.45, 2.75) is 25.7 Å². The molecule has 2 N–H and O–H groups in total. The summed E-state index contributed by atoms with van der Waals surface area (Å²) >= 11 is 0. The summed E-state index contributed by atoms with van der Waals surface area (Å²) in [6.07, 6.45) is 0.778. The molecule has 0 amide bonds. The molecule has 0 aromatic heterocycles. The molecular weight excluding hydrogens is 188 g/mol. The SMILES string of the molecule is C[Si](C)(C)CC(=CC(=O)O)C(=O)O. The third-order valence-corrected chi connectivity index (χ3v) is 2.73. The van der Waals surface area contributed by atoms with Gasteiger partial charge in [-0.05, 0) is 6.04 Å². The van der Waals surface area contributed by atoms with Crippen LogP contribution in [0.3, 0.4) is 0 Å². The standard InChI is InChI=1S/C8H14O4Si/c1-13(2,3)5-6(8(11)12)4-7(9)10/h4H,5H2,1-3H3,(H,9,10)(H,11,12). The minimum atomic E-state index is -1.56. The number of aliphatic carboxylic acids is 2. The molecule has 0 fully saturated rings. The van der Waals surface area contributed by atoms with Crippen molar-refractivity contribution >= 4 is 20.0 Å². The average molecular weight is 202 g/mol. The Balaban J connectivity index is 4.65. The second-order valence-corrected chi connectivity index (χ2v) is 9.53. The molecule has 0 saturated heterocycles. The Labute approximate surface area is 77.9 Å². The van der Waals surface area contributed by atoms with Crippen LogP contribution in [0, 0.1) is 0 Å². The zero-order chi connectivity index (χ0) is 10.6. The van der Waals surface area contributed by atoms with Crippen molar-refractivity contribution in [3.05, 3.63) is 11.6 Å². The predicted molar refractivity (Wildman–Crippen MR) is 51.5 cm³/mol. The fourth-order valence-corrected chi connectivity index (χ4v) is 2.30. The van der Waals surface area contributed by atoms with E-state index in [4.69, 9.17) is 10.2 Å². The van der Waals surface area contributed by atoms with Crippen LogP contribution in [0.5, 0.6) is 0 Å². The Morgan fingerprint density at radius 2 is 1.69 bits per heavy atom. The number of carboxylic acids is 2. The fraction of sp³-hybridized carbons (Fsp3) is 0.500. The third-order valence-electron chi connectivity index (χ3n) is 1.29. The predicted octanol–water partition coefficient (Wildman–Crippen LogP) is 1.42. The Morgan fingerprint density at radius 1 is 1.23 bits per heavy atom. The summed E-state index contributed by atoms with van der Waals surface area (Å²) in [5.74, 6) is -2.33. The van der Waals surface area contributed by atoms with Gasteiger partial charge in [0.15, 0.2) is 0 Å². The first-order chi connectivity index (χ1) is 5.72. The third kappa shape index (κ3) is 6.09. The molecule has 0 saturated carbocycles. The first kappa shape index (κ1) is 11.9. The fourth-order valence-electron chi connectivity index (χ4n) is 0.909. The molecule has 0 spiro atoms. The van der Waals surface area contributed by atoms with E-state index in [9.17, 15) is 9.59 Å². The van der Waals surface area contributed by atoms with E-state index in [-0.39, 0.29) is 5.57 Å². The first-order valence-corrected chi connectivity index (χ1v) is 7.60. The number of hydrogen-bond donors (Lipinski definition) is 2. The molecule has 0 aliphatic carbocycles. The molecule has 4 nitrogen and oxygen atoms in total. The van der Waals surface area contributed by atoms with Gasteiger partial charge in [-0.3, -0.25) is 0 Å². The van der Waals surface area contributed by atoms with Crippen molar-refractivity contribution in [1.82, 2.24) is 0 Å². The summed E-state index contributed by atoms with van der Waals surface area (Å²) in [6.45, 7) is 5.98. The van der Waals surface area contributed by atoms with E-state index in [0.29, 0.717) is 6.04 Å². The van der Waals surface area contributed by atoms with E-state index >= 15 is 0 Å². The van der Waals surface area contributed by atoms with Crippen LogP contribution in [0.4, 0.5) is 0 Å². The second kappa shape index (κ2) is 4.22. The molecule has 0 unspecified atom stereocenters. The zero-order valence-corrected chi connectivity index (χ0v) is 9.00. The molecule has 0 atom stereocenters. The van der Waals surface area contributed by atoms with Gasteiger partial charge >= 0.3 is 11.9 Å². The van der Waals surface area contributed by atoms with E-state index in [1.807, 2.05) is 19.6 Å². The van der Waals surface area contributed by atoms with E-state index in [1.165, 1.54) is 0 Å². The highest BCUT2D eigenvalue weighted by Crippen LogP contribution is 2.16. The van der Waals surface area contributed by atoms with Gasteiger partial charge in [0, 0.05) is 19.7 Å². The Kier molecular flexibility index (Phi) is 3.87. The van der Waals surface area contributed by atoms with Crippen LogP contribution in [0.1, 0.15) is 0 Å². The molecule has 0 rings (SSSR count). The number of rotatable bonds is 4. The summed E-state index contributed by atoms with van der Waals surface area (Å²) in [5.41, 5.74) is -0.00772. The normalized spacial score (nSPS) is 12.7. The summed E-state index contributed by atoms with van der Waals surface area (Å²) in [7, 11) is -1.56. The molecule has 0 heterocycles. The van der Waals surface area contributed by atoms with Crippen molar-refractivity contribution in [2.75, 3.05) is 0 Å². The Morgan fingerprint density at radius 3 is 1.92 bits per heavy atom. The van der Waals surface area contributed by atoms with Crippen molar-refractivity contribution < 1.29 is 19.8 Å². The van der Waals surface area contributed by atoms with E-state index in [2.05, 4.69) is 0 Å². The lowest BCUT2D eigenvalue weighted by Gasteiger charge is -2.15. The minimum absolute atomic E-state index is 0.00772. The van der Waals surface area contributed by atoms with Crippen molar-refractivity contribution in [2.24, 2.45) is 0 Å². The summed E-state index contributed by atoms with van der Waals surface area (Å²) in [4.78, 5) is 20.9. The van der Waals surface area contributed by atoms with Gasteiger partial charge in [-0.1, -0.05) is 19.6 Å². The molecule has 0 aliphatic heterocycles. The molecule has 5 heteroatoms. The topological polar surface area (TPSA) is 74.6 Å². The quantitative estimate of drug-likeness (QED) is 0.534. The van der Waals surface area contributed by atoms with Gasteiger partial charge in [0.2, 0.25) is 0 Å². The number of hydrogen-bond acceptors (Lipinski definition) is 2. The van der Waals surface area contributed by atoms with Gasteiger partial charge in [-0.2, -0.15) is 0 Å². The van der Waals surface area contributed by atoms with E-state index in [1.54, 1.807) is 0 Å². The lowest BCUT2D eigenvalue weighted by atomic mass is 10.3. The largest absolute Gasteiger partial charge is 0.478 e. The first-order valence-electron chi connectivity index (χ1n) is 3.89. The maximum Gasteiger partial charge on any atom is 0.331 e. The smallest absolute Gasteiger partial charge is 0.331 e. The van der Waals surface area contributed by atoms with Gasteiger partial charge in [0.1, 0.15) is 0 Å². The Bertz CT molecular complexity index is 249. The second-order valence-electron chi connectivity index (χ2n) is 4.05. The van der Waals surface area contributed by atoms with Crippen LogP contribution < -0.4 is 0 Å². The van der Waals surface area contributed by atoms with Crippen LogP contribution in [-0.2, 0) is 9.59 Å². The summed E-state index contributed by atoms with van der Waals surface area (Å²) < 4.78 is 0. The zero-order valence-electron chi connectivity index (χ0n) is 8.00. The van der Waals surface area contributed by atoms with Crippen LogP contribution in [-0.4, -0.2) is 30.2 Å². The van der Waals surface area contributed by atoms with E-state index in [0.717, 1.165) is 6.08 Å². The van der Waals surface area contributed by atoms with Gasteiger partial charge < -0.3 is 10.2 Å². The molecule has 0 aromatic carbocycles. The van der Waals surface area contributed by atoms with Crippen molar-refractivity contribution in [3.63, 3.8) is 0 Å². The number of carboxylic acid groups (broad SMARTS) is 2. The minimum Gasteiger partial charge on any atom is -0.478 e. The van der Waals surface area contributed by atoms with Crippen LogP contribution in [0.25, 0.3) is 0 Å². The summed E-state index contributed by atoms with van der Waals surface area (Å²) in [5, 5.41) is 17.1. The monoisotopic (exact) mass is 202 g/mol. The van der Waals surface area contributed by atoms with Gasteiger partial charge in [0.25, 0.3) is 0 Å². The molecule has 0 aromatic rings. The van der Waals surface area contributed by atoms with E-state index < -0.39 is 20.0 Å².